The Kier molecular flexibility index (Phi) is 2.18. The average Bonchev–Trinajstić information content (AvgIpc) is 2.47. The van der Waals surface area contributed by atoms with Crippen LogP contribution >= 0.6 is 0 Å². The molecule has 0 amide bonds. The van der Waals surface area contributed by atoms with Crippen LogP contribution in [0.2, 0.25) is 0 Å². The zero-order valence-corrected chi connectivity index (χ0v) is 10.3. The molecule has 0 N–H and O–H groups in total. The zero-order chi connectivity index (χ0) is 10.6. The van der Waals surface area contributed by atoms with Gasteiger partial charge in [0, 0.05) is 6.61 Å². The zero-order valence-electron chi connectivity index (χ0n) is 10.3. The molecule has 1 heteroatoms. The highest BCUT2D eigenvalue weighted by Crippen LogP contribution is 2.79. The topological polar surface area (TPSA) is 9.23 Å². The number of hydrogen-bond donors (Lipinski definition) is 0. The fourth-order valence-electron chi connectivity index (χ4n) is 4.94. The van der Waals surface area contributed by atoms with Gasteiger partial charge in [-0.25, -0.2) is 0 Å². The second-order valence-electron chi connectivity index (χ2n) is 6.09. The quantitative estimate of drug-likeness (QED) is 0.628. The number of unbranched alkanes of at least 4 members (excludes halogenated alkanes) is 2. The Bertz CT molecular complexity index is 258. The molecule has 4 rings (SSSR count). The van der Waals surface area contributed by atoms with Crippen molar-refractivity contribution in [1.29, 1.82) is 0 Å². The van der Waals surface area contributed by atoms with Crippen molar-refractivity contribution in [2.45, 2.75) is 52.1 Å². The van der Waals surface area contributed by atoms with Crippen molar-refractivity contribution in [3.8, 4) is 0 Å². The van der Waals surface area contributed by atoms with Gasteiger partial charge in [0.2, 0.25) is 0 Å². The van der Waals surface area contributed by atoms with Gasteiger partial charge < -0.3 is 4.74 Å². The van der Waals surface area contributed by atoms with Gasteiger partial charge in [-0.2, -0.15) is 0 Å². The molecule has 6 unspecified atom stereocenters. The largest absolute Gasteiger partial charge is 0.374 e. The van der Waals surface area contributed by atoms with Gasteiger partial charge in [0.25, 0.3) is 0 Å². The Morgan fingerprint density at radius 3 is 2.53 bits per heavy atom. The van der Waals surface area contributed by atoms with Gasteiger partial charge in [-0.1, -0.05) is 33.6 Å². The Morgan fingerprint density at radius 1 is 1.27 bits per heavy atom. The molecular formula is C14H24O. The Balaban J connectivity index is 1.59. The molecule has 0 radical (unpaired) electrons. The smallest absolute Gasteiger partial charge is 0.0776 e. The van der Waals surface area contributed by atoms with Crippen LogP contribution in [0.25, 0.3) is 0 Å². The molecule has 1 nitrogen and oxygen atoms in total. The summed E-state index contributed by atoms with van der Waals surface area (Å²) in [5.74, 6) is 4.69. The van der Waals surface area contributed by atoms with E-state index in [9.17, 15) is 0 Å². The van der Waals surface area contributed by atoms with Gasteiger partial charge in [-0.05, 0) is 42.4 Å². The van der Waals surface area contributed by atoms with Crippen molar-refractivity contribution >= 4 is 0 Å². The van der Waals surface area contributed by atoms with Crippen molar-refractivity contribution < 1.29 is 4.74 Å². The van der Waals surface area contributed by atoms with Gasteiger partial charge in [-0.15, -0.1) is 0 Å². The number of rotatable bonds is 5. The molecule has 15 heavy (non-hydrogen) atoms. The lowest BCUT2D eigenvalue weighted by Gasteiger charge is -2.20. The van der Waals surface area contributed by atoms with Crippen LogP contribution < -0.4 is 0 Å². The predicted octanol–water partition coefficient (Wildman–Crippen LogP) is 3.48. The van der Waals surface area contributed by atoms with Gasteiger partial charge in [-0.3, -0.25) is 0 Å². The Labute approximate surface area is 93.6 Å². The molecule has 0 aromatic carbocycles. The third kappa shape index (κ3) is 1.08. The summed E-state index contributed by atoms with van der Waals surface area (Å²) in [6, 6.07) is 0. The highest BCUT2D eigenvalue weighted by Gasteiger charge is 2.82. The van der Waals surface area contributed by atoms with Crippen LogP contribution in [0.3, 0.4) is 0 Å². The van der Waals surface area contributed by atoms with E-state index in [4.69, 9.17) is 4.74 Å². The second-order valence-corrected chi connectivity index (χ2v) is 6.09. The molecule has 0 spiro atoms. The van der Waals surface area contributed by atoms with E-state index in [0.717, 1.165) is 36.2 Å². The predicted molar refractivity (Wildman–Crippen MR) is 61.6 cm³/mol. The maximum absolute atomic E-state index is 6.30. The SMILES string of the molecule is CCCCCOC12C(C)C3CC1C2C3C. The van der Waals surface area contributed by atoms with Crippen molar-refractivity contribution in [2.75, 3.05) is 6.61 Å². The number of ether oxygens (including phenoxy) is 1. The lowest BCUT2D eigenvalue weighted by atomic mass is 9.94. The minimum absolute atomic E-state index is 0.373. The molecule has 0 heterocycles. The van der Waals surface area contributed by atoms with E-state index >= 15 is 0 Å². The van der Waals surface area contributed by atoms with Crippen molar-refractivity contribution in [2.24, 2.45) is 29.6 Å². The summed E-state index contributed by atoms with van der Waals surface area (Å²) in [4.78, 5) is 0. The van der Waals surface area contributed by atoms with Gasteiger partial charge in [0.05, 0.1) is 5.60 Å². The minimum Gasteiger partial charge on any atom is -0.374 e. The molecule has 4 saturated carbocycles. The highest BCUT2D eigenvalue weighted by atomic mass is 16.5. The first-order chi connectivity index (χ1) is 7.23. The molecule has 4 bridgehead atoms. The lowest BCUT2D eigenvalue weighted by Crippen LogP contribution is -2.23. The Hall–Kier alpha value is -0.0400. The maximum atomic E-state index is 6.30. The van der Waals surface area contributed by atoms with E-state index in [-0.39, 0.29) is 0 Å². The molecule has 0 aromatic rings. The average molecular weight is 208 g/mol. The van der Waals surface area contributed by atoms with Crippen LogP contribution in [0.4, 0.5) is 0 Å². The number of hydrogen-bond acceptors (Lipinski definition) is 1. The Morgan fingerprint density at radius 2 is 2.07 bits per heavy atom. The molecule has 0 aliphatic heterocycles. The van der Waals surface area contributed by atoms with Gasteiger partial charge in [0.15, 0.2) is 0 Å². The van der Waals surface area contributed by atoms with E-state index in [1.165, 1.54) is 25.7 Å². The van der Waals surface area contributed by atoms with Crippen molar-refractivity contribution in [1.82, 2.24) is 0 Å². The standard InChI is InChI=1S/C14H24O/c1-4-5-6-7-15-14-10(3)11-8-12(14)13(14)9(11)2/h9-13H,4-8H2,1-3H3. The van der Waals surface area contributed by atoms with Crippen LogP contribution in [-0.4, -0.2) is 12.2 Å². The molecule has 4 aliphatic carbocycles. The molecule has 4 aliphatic rings. The fourth-order valence-corrected chi connectivity index (χ4v) is 4.94. The van der Waals surface area contributed by atoms with Gasteiger partial charge in [0.1, 0.15) is 0 Å². The molecular weight excluding hydrogens is 184 g/mol. The second kappa shape index (κ2) is 3.23. The normalized spacial score (nSPS) is 55.0. The van der Waals surface area contributed by atoms with Crippen LogP contribution in [0.5, 0.6) is 0 Å². The third-order valence-electron chi connectivity index (χ3n) is 5.65. The summed E-state index contributed by atoms with van der Waals surface area (Å²) in [6.07, 6.45) is 5.38. The summed E-state index contributed by atoms with van der Waals surface area (Å²) in [7, 11) is 0. The van der Waals surface area contributed by atoms with Gasteiger partial charge >= 0.3 is 0 Å². The first-order valence-electron chi connectivity index (χ1n) is 6.87. The van der Waals surface area contributed by atoms with Crippen LogP contribution in [0.1, 0.15) is 46.5 Å². The first-order valence-corrected chi connectivity index (χ1v) is 6.87. The summed E-state index contributed by atoms with van der Waals surface area (Å²) in [5.41, 5.74) is 0.373. The molecule has 86 valence electrons. The minimum atomic E-state index is 0.373. The van der Waals surface area contributed by atoms with E-state index < -0.39 is 0 Å². The van der Waals surface area contributed by atoms with Crippen LogP contribution in [0.15, 0.2) is 0 Å². The lowest BCUT2D eigenvalue weighted by molar-refractivity contribution is -0.00538. The van der Waals surface area contributed by atoms with E-state index in [1.807, 2.05) is 0 Å². The van der Waals surface area contributed by atoms with E-state index in [2.05, 4.69) is 20.8 Å². The summed E-state index contributed by atoms with van der Waals surface area (Å²) < 4.78 is 6.30. The molecule has 6 atom stereocenters. The van der Waals surface area contributed by atoms with E-state index in [1.54, 1.807) is 0 Å². The fraction of sp³-hybridized carbons (Fsp3) is 1.00. The van der Waals surface area contributed by atoms with E-state index in [0.29, 0.717) is 5.60 Å². The van der Waals surface area contributed by atoms with Crippen molar-refractivity contribution in [3.63, 3.8) is 0 Å². The summed E-state index contributed by atoms with van der Waals surface area (Å²) in [5, 5.41) is 0. The highest BCUT2D eigenvalue weighted by molar-refractivity contribution is 5.30. The summed E-state index contributed by atoms with van der Waals surface area (Å²) in [6.45, 7) is 8.17. The van der Waals surface area contributed by atoms with Crippen LogP contribution in [-0.2, 0) is 4.74 Å². The monoisotopic (exact) mass is 208 g/mol. The summed E-state index contributed by atoms with van der Waals surface area (Å²) >= 11 is 0. The first kappa shape index (κ1) is 10.1. The molecule has 0 aromatic heterocycles. The van der Waals surface area contributed by atoms with Crippen molar-refractivity contribution in [3.05, 3.63) is 0 Å². The van der Waals surface area contributed by atoms with Crippen LogP contribution in [0, 0.1) is 29.6 Å². The third-order valence-corrected chi connectivity index (χ3v) is 5.65. The maximum Gasteiger partial charge on any atom is 0.0776 e. The molecule has 0 saturated heterocycles. The molecule has 4 fully saturated rings.